The number of carboxylic acid groups (broad SMARTS) is 1. The van der Waals surface area contributed by atoms with Gasteiger partial charge in [0.2, 0.25) is 0 Å². The molecular formula is C14H20N2O3. The van der Waals surface area contributed by atoms with Crippen molar-refractivity contribution in [3.8, 4) is 0 Å². The summed E-state index contributed by atoms with van der Waals surface area (Å²) < 4.78 is 0. The highest BCUT2D eigenvalue weighted by Crippen LogP contribution is 2.07. The highest BCUT2D eigenvalue weighted by Gasteiger charge is 2.18. The molecule has 0 fully saturated rings. The van der Waals surface area contributed by atoms with Gasteiger partial charge in [0.25, 0.3) is 5.91 Å². The van der Waals surface area contributed by atoms with Gasteiger partial charge in [0.05, 0.1) is 0 Å². The van der Waals surface area contributed by atoms with Crippen molar-refractivity contribution in [3.63, 3.8) is 0 Å². The number of carbonyl (C=O) groups excluding carboxylic acids is 1. The number of carbonyl (C=O) groups is 2. The first-order chi connectivity index (χ1) is 8.93. The Morgan fingerprint density at radius 3 is 2.26 bits per heavy atom. The van der Waals surface area contributed by atoms with E-state index in [2.05, 4.69) is 5.32 Å². The van der Waals surface area contributed by atoms with Gasteiger partial charge in [0.1, 0.15) is 6.04 Å². The van der Waals surface area contributed by atoms with Gasteiger partial charge >= 0.3 is 5.97 Å². The fraction of sp³-hybridized carbons (Fsp3) is 0.429. The van der Waals surface area contributed by atoms with Crippen LogP contribution in [-0.4, -0.2) is 42.0 Å². The topological polar surface area (TPSA) is 69.6 Å². The lowest BCUT2D eigenvalue weighted by Gasteiger charge is -2.13. The molecule has 5 heteroatoms. The van der Waals surface area contributed by atoms with E-state index in [1.807, 2.05) is 31.1 Å². The standard InChI is InChI=1S/C14H20N2O3/c1-4-12(14(18)19)15-13(17)11-7-5-10(6-8-11)9-16(2)3/h5-8,12H,4,9H2,1-3H3,(H,15,17)(H,18,19)/t12-/m0/s1. The second-order valence-electron chi connectivity index (χ2n) is 4.71. The number of amides is 1. The van der Waals surface area contributed by atoms with E-state index in [0.29, 0.717) is 12.0 Å². The maximum Gasteiger partial charge on any atom is 0.326 e. The molecule has 0 saturated carbocycles. The van der Waals surface area contributed by atoms with E-state index < -0.39 is 12.0 Å². The maximum atomic E-state index is 11.9. The van der Waals surface area contributed by atoms with Crippen molar-refractivity contribution in [3.05, 3.63) is 35.4 Å². The molecule has 0 heterocycles. The van der Waals surface area contributed by atoms with Crippen LogP contribution in [0.5, 0.6) is 0 Å². The van der Waals surface area contributed by atoms with Gasteiger partial charge < -0.3 is 15.3 Å². The van der Waals surface area contributed by atoms with Crippen molar-refractivity contribution in [1.29, 1.82) is 0 Å². The molecule has 1 aromatic carbocycles. The predicted octanol–water partition coefficient (Wildman–Crippen LogP) is 1.34. The zero-order valence-corrected chi connectivity index (χ0v) is 11.5. The third kappa shape index (κ3) is 4.71. The van der Waals surface area contributed by atoms with Crippen LogP contribution in [0, 0.1) is 0 Å². The normalized spacial score (nSPS) is 12.2. The molecule has 0 aliphatic heterocycles. The molecule has 0 saturated heterocycles. The van der Waals surface area contributed by atoms with Crippen molar-refractivity contribution in [2.75, 3.05) is 14.1 Å². The lowest BCUT2D eigenvalue weighted by Crippen LogP contribution is -2.40. The fourth-order valence-corrected chi connectivity index (χ4v) is 1.71. The number of aliphatic carboxylic acids is 1. The molecule has 0 aliphatic rings. The summed E-state index contributed by atoms with van der Waals surface area (Å²) in [6, 6.07) is 6.33. The predicted molar refractivity (Wildman–Crippen MR) is 73.0 cm³/mol. The van der Waals surface area contributed by atoms with Crippen LogP contribution in [0.2, 0.25) is 0 Å². The van der Waals surface area contributed by atoms with Crippen molar-refractivity contribution >= 4 is 11.9 Å². The maximum absolute atomic E-state index is 11.9. The van der Waals surface area contributed by atoms with E-state index >= 15 is 0 Å². The van der Waals surface area contributed by atoms with Crippen molar-refractivity contribution in [2.45, 2.75) is 25.9 Å². The van der Waals surface area contributed by atoms with Crippen LogP contribution in [-0.2, 0) is 11.3 Å². The van der Waals surface area contributed by atoms with E-state index in [-0.39, 0.29) is 5.91 Å². The molecule has 0 aliphatic carbocycles. The third-order valence-electron chi connectivity index (χ3n) is 2.73. The van der Waals surface area contributed by atoms with Crippen LogP contribution in [0.15, 0.2) is 24.3 Å². The number of hydrogen-bond acceptors (Lipinski definition) is 3. The Balaban J connectivity index is 2.70. The summed E-state index contributed by atoms with van der Waals surface area (Å²) in [5.41, 5.74) is 1.58. The molecule has 5 nitrogen and oxygen atoms in total. The second kappa shape index (κ2) is 6.89. The molecule has 1 amide bonds. The first-order valence-electron chi connectivity index (χ1n) is 6.21. The SMILES string of the molecule is CC[C@H](NC(=O)c1ccc(CN(C)C)cc1)C(=O)O. The third-order valence-corrected chi connectivity index (χ3v) is 2.73. The summed E-state index contributed by atoms with van der Waals surface area (Å²) in [5, 5.41) is 11.4. The Hall–Kier alpha value is -1.88. The first-order valence-corrected chi connectivity index (χ1v) is 6.21. The minimum absolute atomic E-state index is 0.356. The Kier molecular flexibility index (Phi) is 5.51. The zero-order chi connectivity index (χ0) is 14.4. The smallest absolute Gasteiger partial charge is 0.326 e. The number of rotatable bonds is 6. The summed E-state index contributed by atoms with van der Waals surface area (Å²) in [6.07, 6.45) is 0.361. The number of nitrogens with one attached hydrogen (secondary N) is 1. The molecule has 1 atom stereocenters. The molecule has 2 N–H and O–H groups in total. The molecule has 1 rings (SSSR count). The monoisotopic (exact) mass is 264 g/mol. The molecule has 104 valence electrons. The second-order valence-corrected chi connectivity index (χ2v) is 4.71. The number of nitrogens with zero attached hydrogens (tertiary/aromatic N) is 1. The Labute approximate surface area is 113 Å². The van der Waals surface area contributed by atoms with Crippen LogP contribution in [0.25, 0.3) is 0 Å². The van der Waals surface area contributed by atoms with E-state index in [4.69, 9.17) is 5.11 Å². The van der Waals surface area contributed by atoms with E-state index in [0.717, 1.165) is 12.1 Å². The van der Waals surface area contributed by atoms with Gasteiger partial charge in [-0.25, -0.2) is 4.79 Å². The summed E-state index contributed by atoms with van der Waals surface area (Å²) in [6.45, 7) is 2.52. The molecule has 19 heavy (non-hydrogen) atoms. The van der Waals surface area contributed by atoms with E-state index in [1.165, 1.54) is 0 Å². The minimum Gasteiger partial charge on any atom is -0.480 e. The fourth-order valence-electron chi connectivity index (χ4n) is 1.71. The Bertz CT molecular complexity index is 441. The van der Waals surface area contributed by atoms with Gasteiger partial charge in [-0.3, -0.25) is 4.79 Å². The summed E-state index contributed by atoms with van der Waals surface area (Å²) in [4.78, 5) is 24.8. The van der Waals surface area contributed by atoms with Crippen LogP contribution in [0.3, 0.4) is 0 Å². The average Bonchev–Trinajstić information content (AvgIpc) is 2.35. The quantitative estimate of drug-likeness (QED) is 0.813. The average molecular weight is 264 g/mol. The van der Waals surface area contributed by atoms with Gasteiger partial charge in [-0.2, -0.15) is 0 Å². The molecule has 0 bridgehead atoms. The summed E-state index contributed by atoms with van der Waals surface area (Å²) >= 11 is 0. The van der Waals surface area contributed by atoms with Crippen LogP contribution < -0.4 is 5.32 Å². The minimum atomic E-state index is -1.01. The van der Waals surface area contributed by atoms with Crippen molar-refractivity contribution in [1.82, 2.24) is 10.2 Å². The van der Waals surface area contributed by atoms with Crippen LogP contribution >= 0.6 is 0 Å². The number of hydrogen-bond donors (Lipinski definition) is 2. The van der Waals surface area contributed by atoms with Gasteiger partial charge in [-0.05, 0) is 38.2 Å². The number of benzene rings is 1. The van der Waals surface area contributed by atoms with Gasteiger partial charge in [-0.1, -0.05) is 19.1 Å². The molecule has 0 unspecified atom stereocenters. The number of carboxylic acids is 1. The highest BCUT2D eigenvalue weighted by atomic mass is 16.4. The summed E-state index contributed by atoms with van der Waals surface area (Å²) in [7, 11) is 3.94. The lowest BCUT2D eigenvalue weighted by molar-refractivity contribution is -0.139. The van der Waals surface area contributed by atoms with Crippen LogP contribution in [0.4, 0.5) is 0 Å². The van der Waals surface area contributed by atoms with E-state index in [9.17, 15) is 9.59 Å². The van der Waals surface area contributed by atoms with Gasteiger partial charge in [0, 0.05) is 12.1 Å². The largest absolute Gasteiger partial charge is 0.480 e. The highest BCUT2D eigenvalue weighted by molar-refractivity contribution is 5.96. The molecule has 0 aromatic heterocycles. The summed E-state index contributed by atoms with van der Waals surface area (Å²) in [5.74, 6) is -1.37. The van der Waals surface area contributed by atoms with Crippen LogP contribution in [0.1, 0.15) is 29.3 Å². The first kappa shape index (κ1) is 15.2. The Morgan fingerprint density at radius 2 is 1.84 bits per heavy atom. The zero-order valence-electron chi connectivity index (χ0n) is 11.5. The molecule has 0 spiro atoms. The Morgan fingerprint density at radius 1 is 1.26 bits per heavy atom. The molecular weight excluding hydrogens is 244 g/mol. The molecule has 0 radical (unpaired) electrons. The van der Waals surface area contributed by atoms with Crippen molar-refractivity contribution in [2.24, 2.45) is 0 Å². The van der Waals surface area contributed by atoms with Gasteiger partial charge in [0.15, 0.2) is 0 Å². The molecule has 1 aromatic rings. The van der Waals surface area contributed by atoms with E-state index in [1.54, 1.807) is 19.1 Å². The van der Waals surface area contributed by atoms with Crippen molar-refractivity contribution < 1.29 is 14.7 Å². The lowest BCUT2D eigenvalue weighted by atomic mass is 10.1. The van der Waals surface area contributed by atoms with Gasteiger partial charge in [-0.15, -0.1) is 0 Å².